The van der Waals surface area contributed by atoms with Gasteiger partial charge in [-0.1, -0.05) is 33.3 Å². The fourth-order valence-corrected chi connectivity index (χ4v) is 1.97. The van der Waals surface area contributed by atoms with E-state index in [9.17, 15) is 0 Å². The van der Waals surface area contributed by atoms with Crippen LogP contribution in [0.5, 0.6) is 0 Å². The molecule has 70 valence electrons. The van der Waals surface area contributed by atoms with Crippen LogP contribution in [0.4, 0.5) is 0 Å². The molecular formula is C10H20N2. The molecule has 12 heavy (non-hydrogen) atoms. The van der Waals surface area contributed by atoms with Crippen LogP contribution in [0.25, 0.3) is 0 Å². The number of fused-ring (bicyclic) bond motifs is 1. The molecule has 1 saturated carbocycles. The molecule has 1 aliphatic heterocycles. The van der Waals surface area contributed by atoms with Gasteiger partial charge in [0.15, 0.2) is 0 Å². The third kappa shape index (κ3) is 1.93. The highest BCUT2D eigenvalue weighted by Gasteiger charge is 2.29. The highest BCUT2D eigenvalue weighted by molar-refractivity contribution is 5.06. The molecule has 0 aromatic heterocycles. The Balaban J connectivity index is 0.000000336. The Morgan fingerprint density at radius 1 is 1.08 bits per heavy atom. The molecule has 2 fully saturated rings. The van der Waals surface area contributed by atoms with Gasteiger partial charge in [0.2, 0.25) is 0 Å². The quantitative estimate of drug-likeness (QED) is 0.578. The van der Waals surface area contributed by atoms with Crippen LogP contribution in [-0.2, 0) is 0 Å². The topological polar surface area (TPSA) is 24.1 Å². The summed E-state index contributed by atoms with van der Waals surface area (Å²) in [7, 11) is 0. The van der Waals surface area contributed by atoms with Gasteiger partial charge in [-0.3, -0.25) is 0 Å². The van der Waals surface area contributed by atoms with Gasteiger partial charge in [0.1, 0.15) is 0 Å². The van der Waals surface area contributed by atoms with Crippen molar-refractivity contribution in [3.05, 3.63) is 12.4 Å². The van der Waals surface area contributed by atoms with E-state index in [2.05, 4.69) is 17.2 Å². The Morgan fingerprint density at radius 3 is 1.92 bits per heavy atom. The number of hydrogen-bond acceptors (Lipinski definition) is 2. The molecule has 1 heterocycles. The van der Waals surface area contributed by atoms with E-state index < -0.39 is 0 Å². The van der Waals surface area contributed by atoms with Crippen LogP contribution >= 0.6 is 0 Å². The van der Waals surface area contributed by atoms with Crippen molar-refractivity contribution in [1.82, 2.24) is 10.6 Å². The second-order valence-electron chi connectivity index (χ2n) is 3.26. The first-order valence-corrected chi connectivity index (χ1v) is 5.08. The van der Waals surface area contributed by atoms with Gasteiger partial charge >= 0.3 is 0 Å². The molecule has 0 bridgehead atoms. The first-order valence-electron chi connectivity index (χ1n) is 5.08. The van der Waals surface area contributed by atoms with Crippen molar-refractivity contribution in [3.63, 3.8) is 0 Å². The Kier molecular flexibility index (Phi) is 3.45. The smallest absolute Gasteiger partial charge is 0.0918 e. The first-order chi connectivity index (χ1) is 5.86. The van der Waals surface area contributed by atoms with Gasteiger partial charge in [0.25, 0.3) is 0 Å². The molecule has 1 aliphatic carbocycles. The van der Waals surface area contributed by atoms with Crippen LogP contribution in [0.3, 0.4) is 0 Å². The highest BCUT2D eigenvalue weighted by atomic mass is 15.2. The highest BCUT2D eigenvalue weighted by Crippen LogP contribution is 2.22. The number of hydrogen-bond donors (Lipinski definition) is 2. The summed E-state index contributed by atoms with van der Waals surface area (Å²) >= 11 is 0. The summed E-state index contributed by atoms with van der Waals surface area (Å²) in [6.07, 6.45) is 5.39. The van der Waals surface area contributed by atoms with Crippen molar-refractivity contribution in [3.8, 4) is 0 Å². The third-order valence-electron chi connectivity index (χ3n) is 2.49. The monoisotopic (exact) mass is 168 g/mol. The largest absolute Gasteiger partial charge is 0.368 e. The van der Waals surface area contributed by atoms with E-state index in [0.29, 0.717) is 12.1 Å². The number of rotatable bonds is 0. The summed E-state index contributed by atoms with van der Waals surface area (Å²) in [5, 5.41) is 6.70. The lowest BCUT2D eigenvalue weighted by Gasteiger charge is -2.23. The molecule has 2 rings (SSSR count). The van der Waals surface area contributed by atoms with Crippen LogP contribution < -0.4 is 10.6 Å². The van der Waals surface area contributed by atoms with E-state index in [4.69, 9.17) is 0 Å². The fourth-order valence-electron chi connectivity index (χ4n) is 1.97. The predicted molar refractivity (Wildman–Crippen MR) is 52.8 cm³/mol. The lowest BCUT2D eigenvalue weighted by molar-refractivity contribution is 0.374. The molecule has 2 unspecified atom stereocenters. The van der Waals surface area contributed by atoms with E-state index in [-0.39, 0.29) is 0 Å². The lowest BCUT2D eigenvalue weighted by atomic mass is 9.92. The fraction of sp³-hybridized carbons (Fsp3) is 0.800. The average Bonchev–Trinajstić information content (AvgIpc) is 2.48. The Bertz CT molecular complexity index is 138. The summed E-state index contributed by atoms with van der Waals surface area (Å²) < 4.78 is 0. The predicted octanol–water partition coefficient (Wildman–Crippen LogP) is 1.99. The van der Waals surface area contributed by atoms with Gasteiger partial charge in [-0.2, -0.15) is 0 Å². The van der Waals surface area contributed by atoms with Crippen LogP contribution in [0, 0.1) is 0 Å². The molecule has 2 heteroatoms. The second kappa shape index (κ2) is 4.39. The van der Waals surface area contributed by atoms with E-state index in [0.717, 1.165) is 5.82 Å². The standard InChI is InChI=1S/C8H14N2.C2H6/c1-6-9-7-4-2-3-5-8(7)10-6;1-2/h7-10H,1-5H2;1-2H3. The van der Waals surface area contributed by atoms with E-state index in [1.54, 1.807) is 0 Å². The molecule has 0 spiro atoms. The Hall–Kier alpha value is -0.660. The van der Waals surface area contributed by atoms with Gasteiger partial charge in [-0.05, 0) is 12.8 Å². The first kappa shape index (κ1) is 9.43. The molecule has 2 N–H and O–H groups in total. The minimum Gasteiger partial charge on any atom is -0.368 e. The SMILES string of the molecule is C=C1NC2CCCCC2N1.CC. The zero-order valence-corrected chi connectivity index (χ0v) is 8.19. The zero-order valence-electron chi connectivity index (χ0n) is 8.19. The van der Waals surface area contributed by atoms with Crippen LogP contribution in [0.2, 0.25) is 0 Å². The molecule has 0 aromatic carbocycles. The second-order valence-corrected chi connectivity index (χ2v) is 3.26. The summed E-state index contributed by atoms with van der Waals surface area (Å²) in [6, 6.07) is 1.36. The van der Waals surface area contributed by atoms with Crippen molar-refractivity contribution in [1.29, 1.82) is 0 Å². The lowest BCUT2D eigenvalue weighted by Crippen LogP contribution is -2.36. The summed E-state index contributed by atoms with van der Waals surface area (Å²) in [6.45, 7) is 7.86. The van der Waals surface area contributed by atoms with Gasteiger partial charge < -0.3 is 10.6 Å². The van der Waals surface area contributed by atoms with Gasteiger partial charge in [-0.15, -0.1) is 0 Å². The van der Waals surface area contributed by atoms with Crippen molar-refractivity contribution in [2.24, 2.45) is 0 Å². The van der Waals surface area contributed by atoms with Crippen LogP contribution in [0.1, 0.15) is 39.5 Å². The number of nitrogens with one attached hydrogen (secondary N) is 2. The molecular weight excluding hydrogens is 148 g/mol. The van der Waals surface area contributed by atoms with E-state index in [1.165, 1.54) is 25.7 Å². The Labute approximate surface area is 75.4 Å². The van der Waals surface area contributed by atoms with E-state index >= 15 is 0 Å². The summed E-state index contributed by atoms with van der Waals surface area (Å²) in [4.78, 5) is 0. The van der Waals surface area contributed by atoms with Gasteiger partial charge in [0.05, 0.1) is 5.82 Å². The van der Waals surface area contributed by atoms with Gasteiger partial charge in [-0.25, -0.2) is 0 Å². The average molecular weight is 168 g/mol. The molecule has 0 amide bonds. The molecule has 2 aliphatic rings. The van der Waals surface area contributed by atoms with Crippen LogP contribution in [-0.4, -0.2) is 12.1 Å². The Morgan fingerprint density at radius 2 is 1.50 bits per heavy atom. The molecule has 2 nitrogen and oxygen atoms in total. The van der Waals surface area contributed by atoms with Crippen molar-refractivity contribution in [2.45, 2.75) is 51.6 Å². The summed E-state index contributed by atoms with van der Waals surface area (Å²) in [5.41, 5.74) is 0. The van der Waals surface area contributed by atoms with Gasteiger partial charge in [0, 0.05) is 12.1 Å². The maximum Gasteiger partial charge on any atom is 0.0918 e. The van der Waals surface area contributed by atoms with E-state index in [1.807, 2.05) is 13.8 Å². The molecule has 0 radical (unpaired) electrons. The normalized spacial score (nSPS) is 32.3. The molecule has 2 atom stereocenters. The zero-order chi connectivity index (χ0) is 8.97. The maximum atomic E-state index is 3.86. The van der Waals surface area contributed by atoms with Crippen molar-refractivity contribution < 1.29 is 0 Å². The van der Waals surface area contributed by atoms with Crippen molar-refractivity contribution >= 4 is 0 Å². The van der Waals surface area contributed by atoms with Crippen LogP contribution in [0.15, 0.2) is 12.4 Å². The minimum absolute atomic E-state index is 0.682. The molecule has 1 saturated heterocycles. The summed E-state index contributed by atoms with van der Waals surface area (Å²) in [5.74, 6) is 1.02. The maximum absolute atomic E-state index is 3.86. The molecule has 0 aromatic rings. The third-order valence-corrected chi connectivity index (χ3v) is 2.49. The minimum atomic E-state index is 0.682. The van der Waals surface area contributed by atoms with Crippen molar-refractivity contribution in [2.75, 3.05) is 0 Å².